The van der Waals surface area contributed by atoms with Crippen molar-refractivity contribution in [3.8, 4) is 22.6 Å². The largest absolute Gasteiger partial charge is 0.508 e. The number of carbonyl (C=O) groups is 1. The van der Waals surface area contributed by atoms with Crippen LogP contribution < -0.4 is 11.1 Å². The van der Waals surface area contributed by atoms with E-state index in [0.29, 0.717) is 24.2 Å². The van der Waals surface area contributed by atoms with Gasteiger partial charge in [0, 0.05) is 5.56 Å². The highest BCUT2D eigenvalue weighted by atomic mass is 35.5. The fraction of sp³-hybridized carbons (Fsp3) is 0.261. The molecule has 0 fully saturated rings. The van der Waals surface area contributed by atoms with Crippen molar-refractivity contribution in [1.29, 1.82) is 0 Å². The summed E-state index contributed by atoms with van der Waals surface area (Å²) in [6.45, 7) is 7.32. The van der Waals surface area contributed by atoms with E-state index in [9.17, 15) is 15.0 Å². The van der Waals surface area contributed by atoms with Gasteiger partial charge in [0.15, 0.2) is 0 Å². The van der Waals surface area contributed by atoms with Crippen molar-refractivity contribution in [1.82, 2.24) is 0 Å². The van der Waals surface area contributed by atoms with E-state index in [0.717, 1.165) is 0 Å². The van der Waals surface area contributed by atoms with Crippen LogP contribution in [0.4, 0.5) is 5.69 Å². The summed E-state index contributed by atoms with van der Waals surface area (Å²) in [5, 5.41) is 23.9. The Bertz CT molecular complexity index is 1050. The first-order valence-electron chi connectivity index (χ1n) is 10.6. The highest BCUT2D eigenvalue weighted by Gasteiger charge is 2.18. The normalized spacial score (nSPS) is 12.7. The molecule has 0 bridgehead atoms. The number of thioether (sulfide) groups is 1. The minimum atomic E-state index is -0.764. The summed E-state index contributed by atoms with van der Waals surface area (Å²) >= 11 is 1.57. The summed E-state index contributed by atoms with van der Waals surface area (Å²) in [5.74, 6) is -0.565. The number of anilines is 1. The van der Waals surface area contributed by atoms with Crippen molar-refractivity contribution in [3.63, 3.8) is 0 Å². The molecule has 30 heavy (non-hydrogen) atoms. The maximum Gasteiger partial charge on any atom is 0.241 e. The number of nitrogens with two attached hydrogens (primary N) is 1. The van der Waals surface area contributed by atoms with Crippen LogP contribution in [0.2, 0.25) is 0 Å². The number of rotatable bonds is 10. The zero-order chi connectivity index (χ0) is 24.0. The third-order valence-corrected chi connectivity index (χ3v) is 4.91. The van der Waals surface area contributed by atoms with E-state index in [-0.39, 0.29) is 53.0 Å². The van der Waals surface area contributed by atoms with Crippen molar-refractivity contribution in [2.24, 2.45) is 5.73 Å². The Balaban J connectivity index is 0.00000544. The molecule has 0 aliphatic rings. The first kappa shape index (κ1) is 20.8. The third-order valence-electron chi connectivity index (χ3n) is 4.26. The van der Waals surface area contributed by atoms with Gasteiger partial charge in [-0.1, -0.05) is 18.2 Å². The molecular weight excluding hydrogens is 420 g/mol. The summed E-state index contributed by atoms with van der Waals surface area (Å²) in [4.78, 5) is 12.5. The number of amides is 1. The standard InChI is InChI=1S/C23H28N2O3S.ClH/c1-4-6-15-12-18(16-8-9-21(26)17(14-16)7-5-2)22(27)20(13-15)25-23(28)19(24)10-11-29-3;/h4-5,8-9,12-14,19,26-27H,1-2,6-7,10-11,24H2,3H3,(H,25,28);1H/t19-;/m0./s1/i8D,9D,14D;. The fourth-order valence-electron chi connectivity index (χ4n) is 2.73. The monoisotopic (exact) mass is 451 g/mol. The molecule has 0 heterocycles. The zero-order valence-corrected chi connectivity index (χ0v) is 18.5. The molecule has 162 valence electrons. The number of hydrogen-bond donors (Lipinski definition) is 4. The molecule has 0 aliphatic heterocycles. The van der Waals surface area contributed by atoms with Gasteiger partial charge in [-0.05, 0) is 72.2 Å². The first-order chi connectivity index (χ1) is 15.2. The Morgan fingerprint density at radius 1 is 1.30 bits per heavy atom. The quantitative estimate of drug-likeness (QED) is 0.311. The second-order valence-electron chi connectivity index (χ2n) is 6.48. The lowest BCUT2D eigenvalue weighted by molar-refractivity contribution is -0.117. The van der Waals surface area contributed by atoms with Gasteiger partial charge in [-0.2, -0.15) is 11.8 Å². The highest BCUT2D eigenvalue weighted by Crippen LogP contribution is 2.38. The van der Waals surface area contributed by atoms with E-state index in [1.165, 1.54) is 6.08 Å². The van der Waals surface area contributed by atoms with Crippen LogP contribution in [0, 0.1) is 0 Å². The average Bonchev–Trinajstić information content (AvgIpc) is 2.76. The third kappa shape index (κ3) is 6.55. The van der Waals surface area contributed by atoms with Gasteiger partial charge in [0.05, 0.1) is 15.8 Å². The van der Waals surface area contributed by atoms with Crippen LogP contribution in [0.25, 0.3) is 11.1 Å². The van der Waals surface area contributed by atoms with Gasteiger partial charge in [-0.25, -0.2) is 0 Å². The number of phenols is 2. The summed E-state index contributed by atoms with van der Waals surface area (Å²) in [5.41, 5.74) is 6.92. The van der Waals surface area contributed by atoms with Crippen molar-refractivity contribution >= 4 is 35.8 Å². The molecule has 7 heteroatoms. The molecule has 0 aliphatic carbocycles. The zero-order valence-electron chi connectivity index (χ0n) is 19.8. The van der Waals surface area contributed by atoms with Crippen molar-refractivity contribution in [2.45, 2.75) is 25.3 Å². The molecule has 0 saturated carbocycles. The van der Waals surface area contributed by atoms with Crippen LogP contribution in [0.1, 0.15) is 21.7 Å². The molecule has 1 amide bonds. The molecule has 2 rings (SSSR count). The minimum absolute atomic E-state index is 0. The van der Waals surface area contributed by atoms with Crippen molar-refractivity contribution < 1.29 is 19.1 Å². The number of carbonyl (C=O) groups excluding carboxylic acids is 1. The molecule has 5 nitrogen and oxygen atoms in total. The van der Waals surface area contributed by atoms with E-state index >= 15 is 0 Å². The van der Waals surface area contributed by atoms with Crippen LogP contribution in [0.3, 0.4) is 0 Å². The van der Waals surface area contributed by atoms with Crippen LogP contribution in [0.5, 0.6) is 11.5 Å². The Morgan fingerprint density at radius 3 is 2.63 bits per heavy atom. The molecule has 0 unspecified atom stereocenters. The Kier molecular flexibility index (Phi) is 8.56. The minimum Gasteiger partial charge on any atom is -0.508 e. The van der Waals surface area contributed by atoms with Crippen LogP contribution in [-0.4, -0.2) is 34.2 Å². The van der Waals surface area contributed by atoms with Crippen molar-refractivity contribution in [3.05, 3.63) is 66.7 Å². The molecule has 0 saturated heterocycles. The highest BCUT2D eigenvalue weighted by molar-refractivity contribution is 7.98. The summed E-state index contributed by atoms with van der Waals surface area (Å²) in [6.07, 6.45) is 6.02. The van der Waals surface area contributed by atoms with Gasteiger partial charge >= 0.3 is 0 Å². The van der Waals surface area contributed by atoms with E-state index < -0.39 is 29.8 Å². The summed E-state index contributed by atoms with van der Waals surface area (Å²) in [7, 11) is 0. The maximum atomic E-state index is 12.5. The topological polar surface area (TPSA) is 95.6 Å². The number of hydrogen-bond acceptors (Lipinski definition) is 5. The Hall–Kier alpha value is -2.41. The van der Waals surface area contributed by atoms with Crippen LogP contribution >= 0.6 is 24.2 Å². The van der Waals surface area contributed by atoms with Gasteiger partial charge in [0.25, 0.3) is 0 Å². The second kappa shape index (κ2) is 12.3. The number of phenolic OH excluding ortho intramolecular Hbond substituents is 2. The van der Waals surface area contributed by atoms with Crippen LogP contribution in [0.15, 0.2) is 55.6 Å². The lowest BCUT2D eigenvalue weighted by atomic mass is 9.96. The Labute approximate surface area is 192 Å². The lowest BCUT2D eigenvalue weighted by Gasteiger charge is -2.17. The van der Waals surface area contributed by atoms with E-state index in [1.807, 2.05) is 6.26 Å². The van der Waals surface area contributed by atoms with Gasteiger partial charge in [0.2, 0.25) is 5.91 Å². The summed E-state index contributed by atoms with van der Waals surface area (Å²) in [6, 6.07) is 1.36. The van der Waals surface area contributed by atoms with Gasteiger partial charge in [-0.15, -0.1) is 25.6 Å². The number of nitrogens with one attached hydrogen (secondary N) is 1. The molecule has 0 aromatic heterocycles. The Morgan fingerprint density at radius 2 is 2.00 bits per heavy atom. The average molecular weight is 452 g/mol. The molecule has 0 radical (unpaired) electrons. The first-order valence-corrected chi connectivity index (χ1v) is 10.5. The predicted molar refractivity (Wildman–Crippen MR) is 130 cm³/mol. The lowest BCUT2D eigenvalue weighted by Crippen LogP contribution is -2.36. The number of benzene rings is 2. The van der Waals surface area contributed by atoms with Crippen LogP contribution in [-0.2, 0) is 17.6 Å². The molecular formula is C23H29ClN2O3S. The molecule has 2 aromatic carbocycles. The fourth-order valence-corrected chi connectivity index (χ4v) is 3.22. The number of aromatic hydroxyl groups is 2. The van der Waals surface area contributed by atoms with Gasteiger partial charge < -0.3 is 21.3 Å². The van der Waals surface area contributed by atoms with Gasteiger partial charge in [0.1, 0.15) is 11.5 Å². The SMILES string of the molecule is Cl.[2H]c1c([2H])c(-c2cc(CC=C)cc(NC(=O)[C@@H](N)CCSC)c2O)c([2H])c(CC=C)c1O. The molecule has 5 N–H and O–H groups in total. The molecule has 2 aromatic rings. The van der Waals surface area contributed by atoms with Crippen molar-refractivity contribution in [2.75, 3.05) is 17.3 Å². The molecule has 1 atom stereocenters. The summed E-state index contributed by atoms with van der Waals surface area (Å²) < 4.78 is 25.0. The van der Waals surface area contributed by atoms with E-state index in [2.05, 4.69) is 18.5 Å². The number of allylic oxidation sites excluding steroid dienone is 2. The smallest absolute Gasteiger partial charge is 0.241 e. The predicted octanol–water partition coefficient (Wildman–Crippen LogP) is 4.66. The van der Waals surface area contributed by atoms with Gasteiger partial charge in [-0.3, -0.25) is 4.79 Å². The molecule has 0 spiro atoms. The number of halogens is 1. The maximum absolute atomic E-state index is 12.5. The van der Waals surface area contributed by atoms with E-state index in [4.69, 9.17) is 9.85 Å². The second-order valence-corrected chi connectivity index (χ2v) is 7.47. The van der Waals surface area contributed by atoms with E-state index in [1.54, 1.807) is 30.0 Å².